The first-order valence-corrected chi connectivity index (χ1v) is 4.04. The van der Waals surface area contributed by atoms with Crippen LogP contribution in [0.25, 0.3) is 0 Å². The summed E-state index contributed by atoms with van der Waals surface area (Å²) in [6.45, 7) is 0. The van der Waals surface area contributed by atoms with Gasteiger partial charge in [-0.2, -0.15) is 0 Å². The lowest BCUT2D eigenvalue weighted by molar-refractivity contribution is 0.566. The van der Waals surface area contributed by atoms with Crippen molar-refractivity contribution in [1.29, 1.82) is 0 Å². The summed E-state index contributed by atoms with van der Waals surface area (Å²) in [4.78, 5) is 4.30. The highest BCUT2D eigenvalue weighted by Crippen LogP contribution is 2.17. The topological polar surface area (TPSA) is 38.9 Å². The second-order valence-electron chi connectivity index (χ2n) is 3.11. The Labute approximate surface area is 66.4 Å². The molecule has 0 bridgehead atoms. The number of nitrogens with two attached hydrogens (primary N) is 1. The lowest BCUT2D eigenvalue weighted by atomic mass is 9.93. The van der Waals surface area contributed by atoms with Gasteiger partial charge in [0.1, 0.15) is 0 Å². The van der Waals surface area contributed by atoms with E-state index in [2.05, 4.69) is 11.1 Å². The molecule has 0 aliphatic heterocycles. The van der Waals surface area contributed by atoms with Crippen LogP contribution in [0.3, 0.4) is 0 Å². The summed E-state index contributed by atoms with van der Waals surface area (Å²) in [5.74, 6) is 0. The molecule has 2 rings (SSSR count). The minimum absolute atomic E-state index is 0.353. The molecule has 0 fully saturated rings. The van der Waals surface area contributed by atoms with Crippen molar-refractivity contribution in [2.24, 2.45) is 5.73 Å². The van der Waals surface area contributed by atoms with Crippen molar-refractivity contribution < 1.29 is 0 Å². The van der Waals surface area contributed by atoms with E-state index in [1.54, 1.807) is 0 Å². The Balaban J connectivity index is 2.34. The SMILES string of the molecule is N[C@@H]1CCc2ncccc2C1. The number of aromatic nitrogens is 1. The smallest absolute Gasteiger partial charge is 0.0436 e. The van der Waals surface area contributed by atoms with Gasteiger partial charge in [-0.25, -0.2) is 0 Å². The van der Waals surface area contributed by atoms with E-state index in [1.807, 2.05) is 12.3 Å². The molecule has 58 valence electrons. The van der Waals surface area contributed by atoms with Crippen molar-refractivity contribution in [3.8, 4) is 0 Å². The zero-order valence-corrected chi connectivity index (χ0v) is 6.46. The summed E-state index contributed by atoms with van der Waals surface area (Å²) in [6, 6.07) is 4.46. The summed E-state index contributed by atoms with van der Waals surface area (Å²) >= 11 is 0. The van der Waals surface area contributed by atoms with E-state index in [-0.39, 0.29) is 0 Å². The highest BCUT2D eigenvalue weighted by Gasteiger charge is 2.14. The third kappa shape index (κ3) is 1.26. The maximum absolute atomic E-state index is 5.82. The van der Waals surface area contributed by atoms with Gasteiger partial charge in [0.25, 0.3) is 0 Å². The van der Waals surface area contributed by atoms with Crippen LogP contribution in [0, 0.1) is 0 Å². The average Bonchev–Trinajstić information content (AvgIpc) is 2.04. The molecule has 2 N–H and O–H groups in total. The first-order valence-electron chi connectivity index (χ1n) is 4.04. The quantitative estimate of drug-likeness (QED) is 0.593. The molecule has 0 spiro atoms. The van der Waals surface area contributed by atoms with E-state index >= 15 is 0 Å². The van der Waals surface area contributed by atoms with Gasteiger partial charge in [0.2, 0.25) is 0 Å². The molecule has 1 heterocycles. The maximum atomic E-state index is 5.82. The van der Waals surface area contributed by atoms with E-state index in [1.165, 1.54) is 11.3 Å². The van der Waals surface area contributed by atoms with Crippen molar-refractivity contribution >= 4 is 0 Å². The number of hydrogen-bond donors (Lipinski definition) is 1. The monoisotopic (exact) mass is 148 g/mol. The normalized spacial score (nSPS) is 22.8. The van der Waals surface area contributed by atoms with Crippen molar-refractivity contribution in [1.82, 2.24) is 4.98 Å². The maximum Gasteiger partial charge on any atom is 0.0436 e. The fourth-order valence-corrected chi connectivity index (χ4v) is 1.59. The van der Waals surface area contributed by atoms with Gasteiger partial charge in [-0.15, -0.1) is 0 Å². The van der Waals surface area contributed by atoms with E-state index < -0.39 is 0 Å². The highest BCUT2D eigenvalue weighted by atomic mass is 14.7. The zero-order valence-electron chi connectivity index (χ0n) is 6.46. The summed E-state index contributed by atoms with van der Waals surface area (Å²) in [5.41, 5.74) is 8.41. The molecule has 1 aliphatic rings. The number of aryl methyl sites for hydroxylation is 1. The lowest BCUT2D eigenvalue weighted by Gasteiger charge is -2.19. The predicted molar refractivity (Wildman–Crippen MR) is 44.2 cm³/mol. The van der Waals surface area contributed by atoms with Crippen LogP contribution in [0.2, 0.25) is 0 Å². The third-order valence-electron chi connectivity index (χ3n) is 2.22. The molecule has 0 amide bonds. The molecule has 0 saturated heterocycles. The Morgan fingerprint density at radius 2 is 2.45 bits per heavy atom. The van der Waals surface area contributed by atoms with Gasteiger partial charge in [0.15, 0.2) is 0 Å². The molecule has 1 aliphatic carbocycles. The van der Waals surface area contributed by atoms with Crippen molar-refractivity contribution in [2.45, 2.75) is 25.3 Å². The first kappa shape index (κ1) is 6.80. The lowest BCUT2D eigenvalue weighted by Crippen LogP contribution is -2.28. The number of fused-ring (bicyclic) bond motifs is 1. The van der Waals surface area contributed by atoms with Crippen LogP contribution >= 0.6 is 0 Å². The Morgan fingerprint density at radius 1 is 1.55 bits per heavy atom. The second-order valence-corrected chi connectivity index (χ2v) is 3.11. The van der Waals surface area contributed by atoms with Gasteiger partial charge in [-0.3, -0.25) is 4.98 Å². The third-order valence-corrected chi connectivity index (χ3v) is 2.22. The van der Waals surface area contributed by atoms with Crippen LogP contribution in [-0.2, 0) is 12.8 Å². The fraction of sp³-hybridized carbons (Fsp3) is 0.444. The molecule has 2 nitrogen and oxygen atoms in total. The van der Waals surface area contributed by atoms with Crippen molar-refractivity contribution in [2.75, 3.05) is 0 Å². The fourth-order valence-electron chi connectivity index (χ4n) is 1.59. The average molecular weight is 148 g/mol. The first-order chi connectivity index (χ1) is 5.36. The van der Waals surface area contributed by atoms with E-state index in [0.717, 1.165) is 19.3 Å². The van der Waals surface area contributed by atoms with Gasteiger partial charge in [-0.1, -0.05) is 6.07 Å². The summed E-state index contributed by atoms with van der Waals surface area (Å²) in [5, 5.41) is 0. The molecule has 0 saturated carbocycles. The van der Waals surface area contributed by atoms with Crippen LogP contribution in [0.1, 0.15) is 17.7 Å². The van der Waals surface area contributed by atoms with E-state index in [9.17, 15) is 0 Å². The Hall–Kier alpha value is -0.890. The number of pyridine rings is 1. The molecular formula is C9H12N2. The molecule has 1 aromatic heterocycles. The van der Waals surface area contributed by atoms with Crippen LogP contribution in [0.15, 0.2) is 18.3 Å². The summed E-state index contributed by atoms with van der Waals surface area (Å²) in [7, 11) is 0. The Kier molecular flexibility index (Phi) is 1.62. The van der Waals surface area contributed by atoms with Crippen LogP contribution in [0.4, 0.5) is 0 Å². The number of nitrogens with zero attached hydrogens (tertiary/aromatic N) is 1. The van der Waals surface area contributed by atoms with Crippen LogP contribution < -0.4 is 5.73 Å². The minimum atomic E-state index is 0.353. The minimum Gasteiger partial charge on any atom is -0.327 e. The van der Waals surface area contributed by atoms with E-state index in [0.29, 0.717) is 6.04 Å². The Bertz CT molecular complexity index is 257. The van der Waals surface area contributed by atoms with Crippen LogP contribution in [0.5, 0.6) is 0 Å². The predicted octanol–water partition coefficient (Wildman–Crippen LogP) is 0.898. The molecule has 2 heteroatoms. The Morgan fingerprint density at radius 3 is 3.36 bits per heavy atom. The van der Waals surface area contributed by atoms with Crippen LogP contribution in [-0.4, -0.2) is 11.0 Å². The molecule has 0 radical (unpaired) electrons. The van der Waals surface area contributed by atoms with Gasteiger partial charge in [0, 0.05) is 17.9 Å². The van der Waals surface area contributed by atoms with Crippen molar-refractivity contribution in [3.63, 3.8) is 0 Å². The molecule has 11 heavy (non-hydrogen) atoms. The highest BCUT2D eigenvalue weighted by molar-refractivity contribution is 5.23. The molecular weight excluding hydrogens is 136 g/mol. The standard InChI is InChI=1S/C9H12N2/c10-8-3-4-9-7(6-8)2-1-5-11-9/h1-2,5,8H,3-4,6,10H2/t8-/m1/s1. The van der Waals surface area contributed by atoms with Crippen molar-refractivity contribution in [3.05, 3.63) is 29.6 Å². The largest absolute Gasteiger partial charge is 0.327 e. The zero-order chi connectivity index (χ0) is 7.68. The van der Waals surface area contributed by atoms with Gasteiger partial charge >= 0.3 is 0 Å². The molecule has 1 aromatic rings. The number of rotatable bonds is 0. The molecule has 0 unspecified atom stereocenters. The van der Waals surface area contributed by atoms with Gasteiger partial charge < -0.3 is 5.73 Å². The number of hydrogen-bond acceptors (Lipinski definition) is 2. The molecule has 0 aromatic carbocycles. The van der Waals surface area contributed by atoms with E-state index in [4.69, 9.17) is 5.73 Å². The summed E-state index contributed by atoms with van der Waals surface area (Å²) in [6.07, 6.45) is 5.00. The van der Waals surface area contributed by atoms with Gasteiger partial charge in [0.05, 0.1) is 0 Å². The van der Waals surface area contributed by atoms with Gasteiger partial charge in [-0.05, 0) is 30.9 Å². The molecule has 1 atom stereocenters. The second kappa shape index (κ2) is 2.62. The summed E-state index contributed by atoms with van der Waals surface area (Å²) < 4.78 is 0.